The van der Waals surface area contributed by atoms with Gasteiger partial charge in [-0.1, -0.05) is 66.4 Å². The second-order valence-corrected chi connectivity index (χ2v) is 5.59. The normalized spacial score (nSPS) is 12.1. The highest BCUT2D eigenvalue weighted by molar-refractivity contribution is 8.13. The fourth-order valence-electron chi connectivity index (χ4n) is 1.83. The summed E-state index contributed by atoms with van der Waals surface area (Å²) in [5.41, 5.74) is 7.85. The quantitative estimate of drug-likeness (QED) is 0.499. The largest absolute Gasteiger partial charge is 0.496 e. The smallest absolute Gasteiger partial charge is 0.180 e. The van der Waals surface area contributed by atoms with E-state index < -0.39 is 0 Å². The number of nitrogens with zero attached hydrogens (tertiary/aromatic N) is 2. The lowest BCUT2D eigenvalue weighted by atomic mass is 10.2. The predicted molar refractivity (Wildman–Crippen MR) is 100 cm³/mol. The van der Waals surface area contributed by atoms with E-state index in [1.54, 1.807) is 13.3 Å². The second-order valence-electron chi connectivity index (χ2n) is 4.55. The molecule has 0 atom stereocenters. The van der Waals surface area contributed by atoms with Crippen LogP contribution in [0.1, 0.15) is 11.1 Å². The van der Waals surface area contributed by atoms with Crippen molar-refractivity contribution in [1.82, 2.24) is 0 Å². The molecule has 0 heterocycles. The number of nitrogens with two attached hydrogens (primary N) is 1. The van der Waals surface area contributed by atoms with E-state index in [1.165, 1.54) is 11.8 Å². The molecule has 0 saturated carbocycles. The maximum atomic E-state index is 5.82. The molecule has 0 fully saturated rings. The maximum absolute atomic E-state index is 5.82. The molecule has 4 nitrogen and oxygen atoms in total. The van der Waals surface area contributed by atoms with Gasteiger partial charge in [-0.15, -0.1) is 5.10 Å². The first-order valence-corrected chi connectivity index (χ1v) is 8.12. The third kappa shape index (κ3) is 6.00. The Morgan fingerprint density at radius 2 is 1.87 bits per heavy atom. The van der Waals surface area contributed by atoms with Crippen LogP contribution >= 0.6 is 11.8 Å². The Morgan fingerprint density at radius 3 is 2.65 bits per heavy atom. The van der Waals surface area contributed by atoms with Crippen LogP contribution in [0.15, 0.2) is 70.9 Å². The third-order valence-electron chi connectivity index (χ3n) is 2.93. The van der Waals surface area contributed by atoms with Gasteiger partial charge in [-0.2, -0.15) is 5.10 Å². The predicted octanol–water partition coefficient (Wildman–Crippen LogP) is 3.79. The zero-order valence-corrected chi connectivity index (χ0v) is 13.7. The molecule has 0 amide bonds. The minimum atomic E-state index is 0.425. The maximum Gasteiger partial charge on any atom is 0.180 e. The van der Waals surface area contributed by atoms with Crippen LogP contribution in [0.25, 0.3) is 6.08 Å². The molecule has 0 aliphatic carbocycles. The topological polar surface area (TPSA) is 60.0 Å². The van der Waals surface area contributed by atoms with E-state index in [4.69, 9.17) is 10.5 Å². The number of thioether (sulfide) groups is 1. The Kier molecular flexibility index (Phi) is 6.94. The summed E-state index contributed by atoms with van der Waals surface area (Å²) in [6.07, 6.45) is 5.73. The van der Waals surface area contributed by atoms with Crippen molar-refractivity contribution < 1.29 is 4.74 Å². The van der Waals surface area contributed by atoms with Crippen LogP contribution in [0.4, 0.5) is 0 Å². The molecule has 0 aliphatic heterocycles. The highest BCUT2D eigenvalue weighted by Gasteiger charge is 1.97. The summed E-state index contributed by atoms with van der Waals surface area (Å²) in [5, 5.41) is 8.40. The van der Waals surface area contributed by atoms with E-state index >= 15 is 0 Å². The summed E-state index contributed by atoms with van der Waals surface area (Å²) in [4.78, 5) is 0. The summed E-state index contributed by atoms with van der Waals surface area (Å²) in [5.74, 6) is 1.50. The molecule has 0 aromatic heterocycles. The zero-order chi connectivity index (χ0) is 16.3. The SMILES string of the molecule is COc1ccccc1/C=N\N=C(N)SC/C=C/c1ccccc1. The Bertz CT molecular complexity index is 696. The fourth-order valence-corrected chi connectivity index (χ4v) is 2.30. The number of amidine groups is 1. The summed E-state index contributed by atoms with van der Waals surface area (Å²) in [7, 11) is 1.62. The van der Waals surface area contributed by atoms with Crippen LogP contribution in [0.5, 0.6) is 5.75 Å². The molecular weight excluding hydrogens is 306 g/mol. The van der Waals surface area contributed by atoms with Gasteiger partial charge < -0.3 is 10.5 Å². The van der Waals surface area contributed by atoms with Crippen molar-refractivity contribution >= 4 is 29.2 Å². The van der Waals surface area contributed by atoms with Gasteiger partial charge in [0.05, 0.1) is 13.3 Å². The number of hydrogen-bond donors (Lipinski definition) is 1. The van der Waals surface area contributed by atoms with Crippen LogP contribution in [0.3, 0.4) is 0 Å². The fraction of sp³-hybridized carbons (Fsp3) is 0.111. The second kappa shape index (κ2) is 9.48. The number of rotatable bonds is 6. The summed E-state index contributed by atoms with van der Waals surface area (Å²) in [6, 6.07) is 17.7. The molecule has 118 valence electrons. The standard InChI is InChI=1S/C18H19N3OS/c1-22-17-12-6-5-11-16(17)14-20-21-18(19)23-13-7-10-15-8-3-2-4-9-15/h2-12,14H,13H2,1H3,(H2,19,21)/b10-7+,20-14-. The van der Waals surface area contributed by atoms with E-state index in [-0.39, 0.29) is 0 Å². The molecule has 0 radical (unpaired) electrons. The van der Waals surface area contributed by atoms with Gasteiger partial charge in [-0.05, 0) is 17.7 Å². The average Bonchev–Trinajstić information content (AvgIpc) is 2.60. The lowest BCUT2D eigenvalue weighted by Crippen LogP contribution is -2.05. The molecule has 5 heteroatoms. The van der Waals surface area contributed by atoms with Crippen molar-refractivity contribution in [1.29, 1.82) is 0 Å². The van der Waals surface area contributed by atoms with Crippen LogP contribution in [0, 0.1) is 0 Å². The van der Waals surface area contributed by atoms with E-state index in [2.05, 4.69) is 28.4 Å². The van der Waals surface area contributed by atoms with Crippen molar-refractivity contribution in [2.24, 2.45) is 15.9 Å². The average molecular weight is 325 g/mol. The van der Waals surface area contributed by atoms with E-state index in [1.807, 2.05) is 48.5 Å². The molecule has 2 rings (SSSR count). The minimum absolute atomic E-state index is 0.425. The zero-order valence-electron chi connectivity index (χ0n) is 12.9. The number of para-hydroxylation sites is 1. The highest BCUT2D eigenvalue weighted by atomic mass is 32.2. The van der Waals surface area contributed by atoms with Crippen LogP contribution < -0.4 is 10.5 Å². The molecule has 0 unspecified atom stereocenters. The Balaban J connectivity index is 1.83. The van der Waals surface area contributed by atoms with Gasteiger partial charge in [0, 0.05) is 11.3 Å². The molecule has 0 bridgehead atoms. The molecule has 2 aromatic rings. The summed E-state index contributed by atoms with van der Waals surface area (Å²) in [6.45, 7) is 0. The molecule has 23 heavy (non-hydrogen) atoms. The molecule has 0 aliphatic rings. The van der Waals surface area contributed by atoms with Crippen LogP contribution in [0.2, 0.25) is 0 Å². The molecule has 2 aromatic carbocycles. The first-order chi connectivity index (χ1) is 11.3. The van der Waals surface area contributed by atoms with Crippen LogP contribution in [-0.4, -0.2) is 24.2 Å². The number of ether oxygens (including phenoxy) is 1. The third-order valence-corrected chi connectivity index (χ3v) is 3.67. The van der Waals surface area contributed by atoms with Gasteiger partial charge in [0.1, 0.15) is 5.75 Å². The lowest BCUT2D eigenvalue weighted by Gasteiger charge is -2.01. The van der Waals surface area contributed by atoms with Gasteiger partial charge >= 0.3 is 0 Å². The van der Waals surface area contributed by atoms with Gasteiger partial charge in [-0.3, -0.25) is 0 Å². The summed E-state index contributed by atoms with van der Waals surface area (Å²) < 4.78 is 5.24. The number of methoxy groups -OCH3 is 1. The van der Waals surface area contributed by atoms with E-state index in [9.17, 15) is 0 Å². The monoisotopic (exact) mass is 325 g/mol. The van der Waals surface area contributed by atoms with Crippen molar-refractivity contribution in [3.63, 3.8) is 0 Å². The van der Waals surface area contributed by atoms with Gasteiger partial charge in [0.2, 0.25) is 0 Å². The van der Waals surface area contributed by atoms with E-state index in [0.29, 0.717) is 5.17 Å². The Morgan fingerprint density at radius 1 is 1.13 bits per heavy atom. The molecule has 0 saturated heterocycles. The van der Waals surface area contributed by atoms with Gasteiger partial charge in [-0.25, -0.2) is 0 Å². The van der Waals surface area contributed by atoms with Crippen LogP contribution in [-0.2, 0) is 0 Å². The van der Waals surface area contributed by atoms with Crippen molar-refractivity contribution in [2.45, 2.75) is 0 Å². The molecule has 2 N–H and O–H groups in total. The van der Waals surface area contributed by atoms with Gasteiger partial charge in [0.15, 0.2) is 5.17 Å². The van der Waals surface area contributed by atoms with Gasteiger partial charge in [0.25, 0.3) is 0 Å². The summed E-state index contributed by atoms with van der Waals surface area (Å²) >= 11 is 1.44. The minimum Gasteiger partial charge on any atom is -0.496 e. The van der Waals surface area contributed by atoms with Crippen molar-refractivity contribution in [3.8, 4) is 5.75 Å². The highest BCUT2D eigenvalue weighted by Crippen LogP contribution is 2.14. The van der Waals surface area contributed by atoms with Crippen molar-refractivity contribution in [3.05, 3.63) is 71.8 Å². The van der Waals surface area contributed by atoms with Crippen molar-refractivity contribution in [2.75, 3.05) is 12.9 Å². The molecule has 0 spiro atoms. The Labute approximate surface area is 140 Å². The first-order valence-electron chi connectivity index (χ1n) is 7.13. The Hall–Kier alpha value is -2.53. The lowest BCUT2D eigenvalue weighted by molar-refractivity contribution is 0.414. The van der Waals surface area contributed by atoms with E-state index in [0.717, 1.165) is 22.6 Å². The number of hydrogen-bond acceptors (Lipinski definition) is 4. The first kappa shape index (κ1) is 16.8. The molecular formula is C18H19N3OS. The number of benzene rings is 2.